The Morgan fingerprint density at radius 1 is 1.44 bits per heavy atom. The Bertz CT molecular complexity index is 397. The van der Waals surface area contributed by atoms with Crippen LogP contribution in [0.3, 0.4) is 0 Å². The smallest absolute Gasteiger partial charge is 0.143 e. The van der Waals surface area contributed by atoms with E-state index in [-0.39, 0.29) is 18.0 Å². The Kier molecular flexibility index (Phi) is 3.36. The van der Waals surface area contributed by atoms with Gasteiger partial charge < -0.3 is 10.1 Å². The van der Waals surface area contributed by atoms with Crippen LogP contribution < -0.4 is 10.1 Å². The topological polar surface area (TPSA) is 21.3 Å². The third-order valence-corrected chi connectivity index (χ3v) is 3.12. The van der Waals surface area contributed by atoms with Gasteiger partial charge in [-0.05, 0) is 25.1 Å². The van der Waals surface area contributed by atoms with E-state index in [4.69, 9.17) is 16.3 Å². The van der Waals surface area contributed by atoms with Gasteiger partial charge in [-0.15, -0.1) is 0 Å². The van der Waals surface area contributed by atoms with Gasteiger partial charge in [0.25, 0.3) is 0 Å². The minimum absolute atomic E-state index is 0.0363. The lowest BCUT2D eigenvalue weighted by molar-refractivity contribution is 0.186. The van der Waals surface area contributed by atoms with Gasteiger partial charge in [-0.3, -0.25) is 0 Å². The molecule has 88 valence electrons. The number of rotatable bonds is 3. The molecular weight excluding hydrogens is 229 g/mol. The first-order valence-corrected chi connectivity index (χ1v) is 5.94. The number of hydrogen-bond acceptors (Lipinski definition) is 2. The zero-order chi connectivity index (χ0) is 11.7. The summed E-state index contributed by atoms with van der Waals surface area (Å²) in [6, 6.07) is 2.84. The molecule has 0 amide bonds. The zero-order valence-corrected chi connectivity index (χ0v) is 10.1. The highest BCUT2D eigenvalue weighted by Crippen LogP contribution is 2.43. The first-order chi connectivity index (χ1) is 7.67. The normalized spacial score (nSPS) is 23.0. The molecule has 0 bridgehead atoms. The van der Waals surface area contributed by atoms with Crippen LogP contribution in [0.15, 0.2) is 12.1 Å². The molecule has 0 aromatic heterocycles. The van der Waals surface area contributed by atoms with Crippen molar-refractivity contribution in [1.82, 2.24) is 5.32 Å². The lowest BCUT2D eigenvalue weighted by atomic mass is 10.0. The monoisotopic (exact) mass is 243 g/mol. The summed E-state index contributed by atoms with van der Waals surface area (Å²) < 4.78 is 19.0. The third-order valence-electron chi connectivity index (χ3n) is 2.84. The predicted molar refractivity (Wildman–Crippen MR) is 62.5 cm³/mol. The van der Waals surface area contributed by atoms with Crippen molar-refractivity contribution in [1.29, 1.82) is 0 Å². The fourth-order valence-electron chi connectivity index (χ4n) is 2.14. The first kappa shape index (κ1) is 11.7. The SMILES string of the molecule is CCNC1c2cc(F)cc(Cl)c2OC1CC. The van der Waals surface area contributed by atoms with Gasteiger partial charge in [0, 0.05) is 5.56 Å². The molecule has 2 rings (SSSR count). The Morgan fingerprint density at radius 3 is 2.81 bits per heavy atom. The second kappa shape index (κ2) is 4.60. The molecule has 0 saturated heterocycles. The lowest BCUT2D eigenvalue weighted by Crippen LogP contribution is -2.30. The van der Waals surface area contributed by atoms with E-state index in [0.29, 0.717) is 10.8 Å². The van der Waals surface area contributed by atoms with Crippen LogP contribution in [0, 0.1) is 5.82 Å². The van der Waals surface area contributed by atoms with Gasteiger partial charge >= 0.3 is 0 Å². The zero-order valence-electron chi connectivity index (χ0n) is 9.39. The first-order valence-electron chi connectivity index (χ1n) is 5.56. The van der Waals surface area contributed by atoms with Crippen LogP contribution in [0.2, 0.25) is 5.02 Å². The van der Waals surface area contributed by atoms with E-state index in [2.05, 4.69) is 5.32 Å². The average Bonchev–Trinajstić information content (AvgIpc) is 2.58. The maximum Gasteiger partial charge on any atom is 0.143 e. The van der Waals surface area contributed by atoms with E-state index in [0.717, 1.165) is 18.5 Å². The Hall–Kier alpha value is -0.800. The van der Waals surface area contributed by atoms with Crippen LogP contribution >= 0.6 is 11.6 Å². The second-order valence-corrected chi connectivity index (χ2v) is 4.31. The van der Waals surface area contributed by atoms with Crippen molar-refractivity contribution in [3.8, 4) is 5.75 Å². The molecular formula is C12H15ClFNO. The summed E-state index contributed by atoms with van der Waals surface area (Å²) >= 11 is 5.97. The van der Waals surface area contributed by atoms with Crippen molar-refractivity contribution < 1.29 is 9.13 Å². The number of halogens is 2. The van der Waals surface area contributed by atoms with Gasteiger partial charge in [0.05, 0.1) is 11.1 Å². The summed E-state index contributed by atoms with van der Waals surface area (Å²) in [4.78, 5) is 0. The predicted octanol–water partition coefficient (Wildman–Crippen LogP) is 3.30. The standard InChI is InChI=1S/C12H15ClFNO/c1-3-10-11(15-4-2)8-5-7(14)6-9(13)12(8)16-10/h5-6,10-11,15H,3-4H2,1-2H3. The summed E-state index contributed by atoms with van der Waals surface area (Å²) in [5, 5.41) is 3.66. The molecule has 0 fully saturated rings. The van der Waals surface area contributed by atoms with E-state index in [1.54, 1.807) is 0 Å². The van der Waals surface area contributed by atoms with E-state index in [9.17, 15) is 4.39 Å². The molecule has 16 heavy (non-hydrogen) atoms. The maximum absolute atomic E-state index is 13.3. The summed E-state index contributed by atoms with van der Waals surface area (Å²) in [7, 11) is 0. The highest BCUT2D eigenvalue weighted by Gasteiger charge is 2.34. The number of benzene rings is 1. The molecule has 1 aliphatic heterocycles. The molecule has 1 heterocycles. The largest absolute Gasteiger partial charge is 0.487 e. The van der Waals surface area contributed by atoms with Gasteiger partial charge in [-0.2, -0.15) is 0 Å². The van der Waals surface area contributed by atoms with Gasteiger partial charge in [0.1, 0.15) is 17.7 Å². The summed E-state index contributed by atoms with van der Waals surface area (Å²) in [5.41, 5.74) is 0.832. The van der Waals surface area contributed by atoms with Crippen LogP contribution in [-0.2, 0) is 0 Å². The van der Waals surface area contributed by atoms with E-state index >= 15 is 0 Å². The molecule has 0 spiro atoms. The van der Waals surface area contributed by atoms with Gasteiger partial charge in [-0.1, -0.05) is 25.4 Å². The lowest BCUT2D eigenvalue weighted by Gasteiger charge is -2.17. The molecule has 1 aliphatic rings. The number of nitrogens with one attached hydrogen (secondary N) is 1. The third kappa shape index (κ3) is 1.89. The van der Waals surface area contributed by atoms with Gasteiger partial charge in [-0.25, -0.2) is 4.39 Å². The van der Waals surface area contributed by atoms with E-state index in [1.165, 1.54) is 12.1 Å². The van der Waals surface area contributed by atoms with Crippen molar-refractivity contribution >= 4 is 11.6 Å². The Labute approximate surface area is 99.7 Å². The molecule has 2 atom stereocenters. The highest BCUT2D eigenvalue weighted by molar-refractivity contribution is 6.32. The van der Waals surface area contributed by atoms with Crippen LogP contribution in [0.25, 0.3) is 0 Å². The molecule has 0 aliphatic carbocycles. The summed E-state index contributed by atoms with van der Waals surface area (Å²) in [6.45, 7) is 4.88. The minimum Gasteiger partial charge on any atom is -0.487 e. The summed E-state index contributed by atoms with van der Waals surface area (Å²) in [5.74, 6) is 0.313. The molecule has 1 N–H and O–H groups in total. The van der Waals surface area contributed by atoms with Gasteiger partial charge in [0.15, 0.2) is 0 Å². The molecule has 4 heteroatoms. The minimum atomic E-state index is -0.313. The molecule has 2 nitrogen and oxygen atoms in total. The number of ether oxygens (including phenoxy) is 1. The molecule has 0 saturated carbocycles. The van der Waals surface area contributed by atoms with Crippen molar-refractivity contribution in [2.75, 3.05) is 6.54 Å². The van der Waals surface area contributed by atoms with Crippen LogP contribution in [0.4, 0.5) is 4.39 Å². The molecule has 2 unspecified atom stereocenters. The summed E-state index contributed by atoms with van der Waals surface area (Å²) in [6.07, 6.45) is 0.902. The fraction of sp³-hybridized carbons (Fsp3) is 0.500. The van der Waals surface area contributed by atoms with Crippen molar-refractivity contribution in [3.05, 3.63) is 28.5 Å². The van der Waals surface area contributed by atoms with Crippen molar-refractivity contribution in [2.45, 2.75) is 32.4 Å². The van der Waals surface area contributed by atoms with E-state index < -0.39 is 0 Å². The Morgan fingerprint density at radius 2 is 2.19 bits per heavy atom. The number of likely N-dealkylation sites (N-methyl/N-ethyl adjacent to an activating group) is 1. The van der Waals surface area contributed by atoms with Crippen LogP contribution in [0.5, 0.6) is 5.75 Å². The Balaban J connectivity index is 2.41. The second-order valence-electron chi connectivity index (χ2n) is 3.91. The number of hydrogen-bond donors (Lipinski definition) is 1. The molecule has 1 aromatic carbocycles. The maximum atomic E-state index is 13.3. The van der Waals surface area contributed by atoms with Crippen LogP contribution in [-0.4, -0.2) is 12.6 Å². The van der Waals surface area contributed by atoms with Crippen molar-refractivity contribution in [2.24, 2.45) is 0 Å². The van der Waals surface area contributed by atoms with Crippen LogP contribution in [0.1, 0.15) is 31.9 Å². The molecule has 0 radical (unpaired) electrons. The quantitative estimate of drug-likeness (QED) is 0.880. The molecule has 1 aromatic rings. The number of fused-ring (bicyclic) bond motifs is 1. The average molecular weight is 244 g/mol. The van der Waals surface area contributed by atoms with E-state index in [1.807, 2.05) is 13.8 Å². The fourth-order valence-corrected chi connectivity index (χ4v) is 2.39. The highest BCUT2D eigenvalue weighted by atomic mass is 35.5. The van der Waals surface area contributed by atoms with Gasteiger partial charge in [0.2, 0.25) is 0 Å². The van der Waals surface area contributed by atoms with Crippen molar-refractivity contribution in [3.63, 3.8) is 0 Å².